The van der Waals surface area contributed by atoms with Crippen LogP contribution >= 0.6 is 11.8 Å². The first-order valence-corrected chi connectivity index (χ1v) is 16.2. The number of hydrogen-bond donors (Lipinski definition) is 0. The average Bonchev–Trinajstić information content (AvgIpc) is 3.58. The average molecular weight is 576 g/mol. The first-order valence-electron chi connectivity index (χ1n) is 13.9. The summed E-state index contributed by atoms with van der Waals surface area (Å²) in [7, 11) is -3.60. The number of amides is 1. The summed E-state index contributed by atoms with van der Waals surface area (Å²) in [6, 6.07) is 16.7. The van der Waals surface area contributed by atoms with Crippen LogP contribution < -0.4 is 0 Å². The number of thioether (sulfide) groups is 1. The third kappa shape index (κ3) is 5.53. The van der Waals surface area contributed by atoms with E-state index in [0.29, 0.717) is 35.2 Å². The maximum Gasteiger partial charge on any atom is 0.286 e. The summed E-state index contributed by atoms with van der Waals surface area (Å²) in [6.45, 7) is 5.14. The normalized spacial score (nSPS) is 21.7. The molecule has 3 aromatic rings. The first kappa shape index (κ1) is 27.0. The summed E-state index contributed by atoms with van der Waals surface area (Å²) < 4.78 is 30.2. The molecule has 6 rings (SSSR count). The van der Waals surface area contributed by atoms with Crippen molar-refractivity contribution in [2.24, 2.45) is 10.9 Å². The minimum absolute atomic E-state index is 0.252. The van der Waals surface area contributed by atoms with Gasteiger partial charge in [-0.1, -0.05) is 43.7 Å². The molecule has 2 aromatic carbocycles. The zero-order valence-electron chi connectivity index (χ0n) is 22.6. The molecule has 0 N–H and O–H groups in total. The molecule has 10 heteroatoms. The van der Waals surface area contributed by atoms with Crippen LogP contribution in [0.2, 0.25) is 0 Å². The molecule has 2 fully saturated rings. The number of nitrogens with zero attached hydrogens (tertiary/aromatic N) is 5. The van der Waals surface area contributed by atoms with Crippen molar-refractivity contribution >= 4 is 38.9 Å². The Kier molecular flexibility index (Phi) is 7.65. The zero-order valence-corrected chi connectivity index (χ0v) is 24.2. The lowest BCUT2D eigenvalue weighted by Crippen LogP contribution is -2.37. The molecule has 0 saturated carbocycles. The number of hydrogen-bond acceptors (Lipinski definition) is 6. The number of carbonyl (C=O) groups excluding carboxylic acids is 1. The van der Waals surface area contributed by atoms with Crippen LogP contribution in [0.15, 0.2) is 75.6 Å². The predicted octanol–water partition coefficient (Wildman–Crippen LogP) is 5.42. The molecule has 0 radical (unpaired) electrons. The molecule has 40 heavy (non-hydrogen) atoms. The first-order chi connectivity index (χ1) is 19.4. The second kappa shape index (κ2) is 11.3. The van der Waals surface area contributed by atoms with Crippen molar-refractivity contribution < 1.29 is 13.2 Å². The Hall–Kier alpha value is -3.21. The quantitative estimate of drug-likeness (QED) is 0.378. The molecule has 0 aliphatic carbocycles. The van der Waals surface area contributed by atoms with Crippen LogP contribution in [-0.4, -0.2) is 64.7 Å². The van der Waals surface area contributed by atoms with Gasteiger partial charge < -0.3 is 4.90 Å². The van der Waals surface area contributed by atoms with Gasteiger partial charge >= 0.3 is 0 Å². The summed E-state index contributed by atoms with van der Waals surface area (Å²) in [5.74, 6) is 0.322. The van der Waals surface area contributed by atoms with Crippen LogP contribution in [-0.2, 0) is 14.8 Å². The molecular weight excluding hydrogens is 542 g/mol. The third-order valence-electron chi connectivity index (χ3n) is 7.65. The molecule has 208 valence electrons. The molecule has 3 aliphatic heterocycles. The molecule has 0 spiro atoms. The number of rotatable bonds is 5. The van der Waals surface area contributed by atoms with Crippen LogP contribution in [0.1, 0.15) is 44.6 Å². The SMILES string of the molecule is CC1CCCN(C2=NC(=O)/C(=C/c3cn(-c4ccccc4)nc3-c3cccc(S(=O)(=O)N4CCCCC4)c3)S2)C1. The van der Waals surface area contributed by atoms with E-state index in [0.717, 1.165) is 55.2 Å². The molecule has 4 heterocycles. The van der Waals surface area contributed by atoms with E-state index in [1.165, 1.54) is 18.2 Å². The fourth-order valence-corrected chi connectivity index (χ4v) is 8.03. The number of piperidine rings is 2. The highest BCUT2D eigenvalue weighted by Gasteiger charge is 2.30. The molecule has 0 bridgehead atoms. The smallest absolute Gasteiger partial charge is 0.286 e. The fraction of sp³-hybridized carbons (Fsp3) is 0.367. The summed E-state index contributed by atoms with van der Waals surface area (Å²) >= 11 is 1.41. The van der Waals surface area contributed by atoms with Gasteiger partial charge in [-0.3, -0.25) is 4.79 Å². The topological polar surface area (TPSA) is 87.9 Å². The highest BCUT2D eigenvalue weighted by atomic mass is 32.2. The van der Waals surface area contributed by atoms with Gasteiger partial charge in [-0.15, -0.1) is 0 Å². The van der Waals surface area contributed by atoms with E-state index in [1.807, 2.05) is 48.7 Å². The minimum atomic E-state index is -3.60. The van der Waals surface area contributed by atoms with Crippen molar-refractivity contribution in [2.45, 2.75) is 43.9 Å². The lowest BCUT2D eigenvalue weighted by atomic mass is 10.0. The Bertz CT molecular complexity index is 1570. The van der Waals surface area contributed by atoms with Crippen molar-refractivity contribution in [3.63, 3.8) is 0 Å². The standard InChI is InChI=1S/C30H33N5O3S2/c1-22-10-9-15-33(20-22)30-31-29(36)27(39-30)19-24-21-35(25-12-4-2-5-13-25)32-28(24)23-11-8-14-26(18-23)40(37,38)34-16-6-3-7-17-34/h2,4-5,8,11-14,18-19,21-22H,3,6-7,9-10,15-17,20H2,1H3/b27-19-. The van der Waals surface area contributed by atoms with Crippen molar-refractivity contribution in [1.29, 1.82) is 0 Å². The number of carbonyl (C=O) groups is 1. The van der Waals surface area contributed by atoms with Gasteiger partial charge in [0.15, 0.2) is 5.17 Å². The number of likely N-dealkylation sites (tertiary alicyclic amines) is 1. The lowest BCUT2D eigenvalue weighted by molar-refractivity contribution is -0.113. The Morgan fingerprint density at radius 1 is 0.975 bits per heavy atom. The third-order valence-corrected chi connectivity index (χ3v) is 10.6. The number of benzene rings is 2. The second-order valence-electron chi connectivity index (χ2n) is 10.7. The van der Waals surface area contributed by atoms with E-state index in [2.05, 4.69) is 16.8 Å². The Balaban J connectivity index is 1.37. The van der Waals surface area contributed by atoms with Crippen molar-refractivity contribution in [1.82, 2.24) is 19.0 Å². The monoisotopic (exact) mass is 575 g/mol. The largest absolute Gasteiger partial charge is 0.351 e. The highest BCUT2D eigenvalue weighted by molar-refractivity contribution is 8.18. The van der Waals surface area contributed by atoms with Crippen LogP contribution in [0.25, 0.3) is 23.0 Å². The van der Waals surface area contributed by atoms with E-state index in [1.54, 1.807) is 27.2 Å². The van der Waals surface area contributed by atoms with E-state index in [4.69, 9.17) is 5.10 Å². The number of aliphatic imine (C=N–C) groups is 1. The summed E-state index contributed by atoms with van der Waals surface area (Å²) in [5.41, 5.74) is 2.90. The molecule has 1 unspecified atom stereocenters. The lowest BCUT2D eigenvalue weighted by Gasteiger charge is -2.31. The molecule has 1 atom stereocenters. The molecule has 3 aliphatic rings. The van der Waals surface area contributed by atoms with Crippen molar-refractivity contribution in [2.75, 3.05) is 26.2 Å². The Labute approximate surface area is 239 Å². The molecular formula is C30H33N5O3S2. The van der Waals surface area contributed by atoms with Crippen LogP contribution in [0.4, 0.5) is 0 Å². The number of amidine groups is 1. The van der Waals surface area contributed by atoms with E-state index in [-0.39, 0.29) is 10.8 Å². The van der Waals surface area contributed by atoms with Gasteiger partial charge in [-0.05, 0) is 73.7 Å². The van der Waals surface area contributed by atoms with Gasteiger partial charge in [0.1, 0.15) is 5.69 Å². The predicted molar refractivity (Wildman–Crippen MR) is 160 cm³/mol. The van der Waals surface area contributed by atoms with Gasteiger partial charge in [0.2, 0.25) is 10.0 Å². The second-order valence-corrected chi connectivity index (χ2v) is 13.7. The van der Waals surface area contributed by atoms with Gasteiger partial charge in [0.05, 0.1) is 15.5 Å². The maximum atomic E-state index is 13.4. The van der Waals surface area contributed by atoms with Crippen LogP contribution in [0.3, 0.4) is 0 Å². The van der Waals surface area contributed by atoms with Gasteiger partial charge in [0.25, 0.3) is 5.91 Å². The molecule has 1 aromatic heterocycles. The van der Waals surface area contributed by atoms with Gasteiger partial charge in [0, 0.05) is 43.5 Å². The molecule has 2 saturated heterocycles. The van der Waals surface area contributed by atoms with Crippen LogP contribution in [0, 0.1) is 5.92 Å². The van der Waals surface area contributed by atoms with Crippen molar-refractivity contribution in [3.8, 4) is 16.9 Å². The van der Waals surface area contributed by atoms with E-state index in [9.17, 15) is 13.2 Å². The van der Waals surface area contributed by atoms with E-state index >= 15 is 0 Å². The Morgan fingerprint density at radius 2 is 1.77 bits per heavy atom. The molecule has 8 nitrogen and oxygen atoms in total. The van der Waals surface area contributed by atoms with Gasteiger partial charge in [-0.25, -0.2) is 13.1 Å². The number of aromatic nitrogens is 2. The maximum absolute atomic E-state index is 13.4. The summed E-state index contributed by atoms with van der Waals surface area (Å²) in [5, 5.41) is 5.63. The minimum Gasteiger partial charge on any atom is -0.351 e. The number of para-hydroxylation sites is 1. The Morgan fingerprint density at radius 3 is 2.55 bits per heavy atom. The fourth-order valence-electron chi connectivity index (χ4n) is 5.53. The zero-order chi connectivity index (χ0) is 27.7. The molecule has 1 amide bonds. The number of sulfonamides is 1. The van der Waals surface area contributed by atoms with Crippen molar-refractivity contribution in [3.05, 3.63) is 71.3 Å². The summed E-state index contributed by atoms with van der Waals surface area (Å²) in [6.07, 6.45) is 8.83. The van der Waals surface area contributed by atoms with E-state index < -0.39 is 10.0 Å². The summed E-state index contributed by atoms with van der Waals surface area (Å²) in [4.78, 5) is 20.4. The van der Waals surface area contributed by atoms with Crippen LogP contribution in [0.5, 0.6) is 0 Å². The van der Waals surface area contributed by atoms with Gasteiger partial charge in [-0.2, -0.15) is 14.4 Å². The highest BCUT2D eigenvalue weighted by Crippen LogP contribution is 2.35.